The topological polar surface area (TPSA) is 87.2 Å². The van der Waals surface area contributed by atoms with E-state index in [1.54, 1.807) is 16.9 Å². The zero-order chi connectivity index (χ0) is 20.0. The number of hydrogen-bond acceptors (Lipinski definition) is 4. The van der Waals surface area contributed by atoms with Crippen LogP contribution in [0, 0.1) is 11.8 Å². The van der Waals surface area contributed by atoms with Crippen LogP contribution in [0.3, 0.4) is 0 Å². The molecule has 1 heterocycles. The van der Waals surface area contributed by atoms with Crippen LogP contribution in [-0.4, -0.2) is 59.4 Å². The molecule has 0 aromatic heterocycles. The van der Waals surface area contributed by atoms with Gasteiger partial charge in [0.25, 0.3) is 0 Å². The molecule has 0 spiro atoms. The molecule has 2 amide bonds. The van der Waals surface area contributed by atoms with Crippen molar-refractivity contribution in [2.24, 2.45) is 11.8 Å². The van der Waals surface area contributed by atoms with Gasteiger partial charge in [-0.1, -0.05) is 26.0 Å². The number of methoxy groups -OCH3 is 1. The van der Waals surface area contributed by atoms with Gasteiger partial charge in [0.2, 0.25) is 11.8 Å². The van der Waals surface area contributed by atoms with Crippen LogP contribution in [0.15, 0.2) is 24.3 Å². The smallest absolute Gasteiger partial charge is 0.305 e. The van der Waals surface area contributed by atoms with Gasteiger partial charge in [0.15, 0.2) is 0 Å². The van der Waals surface area contributed by atoms with Gasteiger partial charge in [-0.3, -0.25) is 14.4 Å². The van der Waals surface area contributed by atoms with Crippen molar-refractivity contribution < 1.29 is 24.2 Å². The van der Waals surface area contributed by atoms with Crippen molar-refractivity contribution in [3.63, 3.8) is 0 Å². The second kappa shape index (κ2) is 9.39. The Morgan fingerprint density at radius 1 is 1.30 bits per heavy atom. The van der Waals surface area contributed by atoms with Crippen molar-refractivity contribution in [2.75, 3.05) is 26.7 Å². The Kier molecular flexibility index (Phi) is 7.21. The largest absolute Gasteiger partial charge is 0.497 e. The third-order valence-corrected chi connectivity index (χ3v) is 4.59. The van der Waals surface area contributed by atoms with Gasteiger partial charge in [0.1, 0.15) is 5.75 Å². The van der Waals surface area contributed by atoms with E-state index in [1.807, 2.05) is 38.1 Å². The number of nitrogens with zero attached hydrogens (tertiary/aromatic N) is 2. The first-order valence-electron chi connectivity index (χ1n) is 9.21. The van der Waals surface area contributed by atoms with E-state index in [0.29, 0.717) is 19.6 Å². The molecule has 1 saturated heterocycles. The highest BCUT2D eigenvalue weighted by Gasteiger charge is 2.36. The maximum Gasteiger partial charge on any atom is 0.305 e. The number of hydrogen-bond donors (Lipinski definition) is 1. The van der Waals surface area contributed by atoms with Gasteiger partial charge in [0.05, 0.1) is 19.4 Å². The van der Waals surface area contributed by atoms with Crippen molar-refractivity contribution in [2.45, 2.75) is 33.2 Å². The van der Waals surface area contributed by atoms with E-state index in [4.69, 9.17) is 9.84 Å². The van der Waals surface area contributed by atoms with Crippen LogP contribution in [0.4, 0.5) is 0 Å². The molecule has 2 rings (SSSR count). The van der Waals surface area contributed by atoms with Gasteiger partial charge < -0.3 is 19.6 Å². The summed E-state index contributed by atoms with van der Waals surface area (Å²) >= 11 is 0. The van der Waals surface area contributed by atoms with Crippen LogP contribution in [0.25, 0.3) is 0 Å². The van der Waals surface area contributed by atoms with Crippen LogP contribution < -0.4 is 4.74 Å². The lowest BCUT2D eigenvalue weighted by Gasteiger charge is -2.26. The Balaban J connectivity index is 2.00. The van der Waals surface area contributed by atoms with Gasteiger partial charge in [-0.25, -0.2) is 0 Å². The summed E-state index contributed by atoms with van der Waals surface area (Å²) in [6, 6.07) is 7.49. The SMILES string of the molecule is COc1ccc(CN2CC(C(=O)N(CCC(=O)O)CC(C)C)CC2=O)cc1. The molecular weight excluding hydrogens is 348 g/mol. The number of carbonyl (C=O) groups is 3. The van der Waals surface area contributed by atoms with Crippen molar-refractivity contribution in [3.05, 3.63) is 29.8 Å². The molecule has 1 atom stereocenters. The minimum atomic E-state index is -0.930. The molecule has 0 bridgehead atoms. The molecule has 1 aliphatic heterocycles. The molecule has 0 radical (unpaired) electrons. The molecule has 27 heavy (non-hydrogen) atoms. The molecule has 1 aromatic rings. The number of benzene rings is 1. The first kappa shape index (κ1) is 20.7. The molecule has 1 N–H and O–H groups in total. The molecule has 0 saturated carbocycles. The number of carboxylic acids is 1. The van der Waals surface area contributed by atoms with Crippen molar-refractivity contribution in [1.82, 2.24) is 9.80 Å². The molecule has 7 nitrogen and oxygen atoms in total. The number of amides is 2. The van der Waals surface area contributed by atoms with Crippen LogP contribution in [0.1, 0.15) is 32.3 Å². The van der Waals surface area contributed by atoms with Gasteiger partial charge in [-0.15, -0.1) is 0 Å². The second-order valence-corrected chi connectivity index (χ2v) is 7.35. The fourth-order valence-corrected chi connectivity index (χ4v) is 3.26. The van der Waals surface area contributed by atoms with E-state index < -0.39 is 11.9 Å². The second-order valence-electron chi connectivity index (χ2n) is 7.35. The number of carbonyl (C=O) groups excluding carboxylic acids is 2. The zero-order valence-corrected chi connectivity index (χ0v) is 16.2. The van der Waals surface area contributed by atoms with Crippen LogP contribution >= 0.6 is 0 Å². The van der Waals surface area contributed by atoms with E-state index in [1.165, 1.54) is 0 Å². The highest BCUT2D eigenvalue weighted by molar-refractivity contribution is 5.89. The van der Waals surface area contributed by atoms with E-state index in [9.17, 15) is 14.4 Å². The zero-order valence-electron chi connectivity index (χ0n) is 16.2. The van der Waals surface area contributed by atoms with Gasteiger partial charge in [-0.2, -0.15) is 0 Å². The molecule has 1 unspecified atom stereocenters. The minimum absolute atomic E-state index is 0.0492. The molecular formula is C20H28N2O5. The normalized spacial score (nSPS) is 16.7. The summed E-state index contributed by atoms with van der Waals surface area (Å²) in [6.07, 6.45) is 0.0886. The van der Waals surface area contributed by atoms with Crippen LogP contribution in [0.5, 0.6) is 5.75 Å². The van der Waals surface area contributed by atoms with Gasteiger partial charge in [0, 0.05) is 32.6 Å². The molecule has 1 fully saturated rings. The summed E-state index contributed by atoms with van der Waals surface area (Å²) in [5.74, 6) is -0.538. The first-order valence-corrected chi connectivity index (χ1v) is 9.21. The Labute approximate surface area is 159 Å². The predicted octanol–water partition coefficient (Wildman–Crippen LogP) is 2.00. The Morgan fingerprint density at radius 3 is 2.52 bits per heavy atom. The van der Waals surface area contributed by atoms with Crippen molar-refractivity contribution >= 4 is 17.8 Å². The molecule has 1 aliphatic rings. The van der Waals surface area contributed by atoms with E-state index in [2.05, 4.69) is 0 Å². The monoisotopic (exact) mass is 376 g/mol. The van der Waals surface area contributed by atoms with Gasteiger partial charge in [-0.05, 0) is 23.6 Å². The molecule has 1 aromatic carbocycles. The molecule has 148 valence electrons. The Morgan fingerprint density at radius 2 is 1.96 bits per heavy atom. The summed E-state index contributed by atoms with van der Waals surface area (Å²) in [4.78, 5) is 39.4. The van der Waals surface area contributed by atoms with Crippen LogP contribution in [-0.2, 0) is 20.9 Å². The standard InChI is InChI=1S/C20H28N2O5/c1-14(2)11-21(9-8-19(24)25)20(26)16-10-18(23)22(13-16)12-15-4-6-17(27-3)7-5-15/h4-7,14,16H,8-13H2,1-3H3,(H,24,25). The third-order valence-electron chi connectivity index (χ3n) is 4.59. The molecule has 0 aliphatic carbocycles. The first-order chi connectivity index (χ1) is 12.8. The summed E-state index contributed by atoms with van der Waals surface area (Å²) in [5.41, 5.74) is 0.974. The highest BCUT2D eigenvalue weighted by atomic mass is 16.5. The maximum atomic E-state index is 12.9. The number of carboxylic acid groups (broad SMARTS) is 1. The predicted molar refractivity (Wildman–Crippen MR) is 100 cm³/mol. The fourth-order valence-electron chi connectivity index (χ4n) is 3.26. The van der Waals surface area contributed by atoms with Crippen LogP contribution in [0.2, 0.25) is 0 Å². The lowest BCUT2D eigenvalue weighted by atomic mass is 10.1. The Bertz CT molecular complexity index is 671. The highest BCUT2D eigenvalue weighted by Crippen LogP contribution is 2.23. The van der Waals surface area contributed by atoms with Crippen molar-refractivity contribution in [3.8, 4) is 5.75 Å². The summed E-state index contributed by atoms with van der Waals surface area (Å²) in [6.45, 7) is 5.45. The Hall–Kier alpha value is -2.57. The number of rotatable bonds is 9. The van der Waals surface area contributed by atoms with E-state index in [-0.39, 0.29) is 37.1 Å². The maximum absolute atomic E-state index is 12.9. The number of likely N-dealkylation sites (tertiary alicyclic amines) is 1. The molecule has 7 heteroatoms. The third kappa shape index (κ3) is 5.98. The minimum Gasteiger partial charge on any atom is -0.497 e. The fraction of sp³-hybridized carbons (Fsp3) is 0.550. The van der Waals surface area contributed by atoms with E-state index >= 15 is 0 Å². The summed E-state index contributed by atoms with van der Waals surface area (Å²) in [5, 5.41) is 8.92. The lowest BCUT2D eigenvalue weighted by Crippen LogP contribution is -2.40. The average molecular weight is 376 g/mol. The van der Waals surface area contributed by atoms with Gasteiger partial charge >= 0.3 is 5.97 Å². The number of aliphatic carboxylic acids is 1. The van der Waals surface area contributed by atoms with E-state index in [0.717, 1.165) is 11.3 Å². The number of ether oxygens (including phenoxy) is 1. The van der Waals surface area contributed by atoms with Crippen molar-refractivity contribution in [1.29, 1.82) is 0 Å². The average Bonchev–Trinajstić information content (AvgIpc) is 2.99. The summed E-state index contributed by atoms with van der Waals surface area (Å²) in [7, 11) is 1.60. The lowest BCUT2D eigenvalue weighted by molar-refractivity contribution is -0.140. The quantitative estimate of drug-likeness (QED) is 0.712. The summed E-state index contributed by atoms with van der Waals surface area (Å²) < 4.78 is 5.13.